The van der Waals surface area contributed by atoms with Crippen LogP contribution in [0.15, 0.2) is 59.9 Å². The van der Waals surface area contributed by atoms with Crippen molar-refractivity contribution in [2.45, 2.75) is 5.03 Å². The molecule has 4 heterocycles. The van der Waals surface area contributed by atoms with Gasteiger partial charge in [-0.1, -0.05) is 11.6 Å². The standard InChI is InChI=1S/C21H18ClN7O4S/c22-15-4-5-16-14(11-15)12-19(24-16)34(32,33)28-9-7-27(8-10-28)21(30)17-13-23-20(26-25-17)18-3-1-2-6-29(18)31/h1-6,11-13,24H,7-10H2. The van der Waals surface area contributed by atoms with E-state index in [1.807, 2.05) is 0 Å². The maximum Gasteiger partial charge on any atom is 0.276 e. The third-order valence-electron chi connectivity index (χ3n) is 5.54. The van der Waals surface area contributed by atoms with Gasteiger partial charge in [0.25, 0.3) is 21.6 Å². The molecule has 1 aromatic carbocycles. The molecule has 1 saturated heterocycles. The summed E-state index contributed by atoms with van der Waals surface area (Å²) in [6.07, 6.45) is 2.58. The predicted molar refractivity (Wildman–Crippen MR) is 122 cm³/mol. The van der Waals surface area contributed by atoms with E-state index in [9.17, 15) is 18.4 Å². The summed E-state index contributed by atoms with van der Waals surface area (Å²) < 4.78 is 28.1. The van der Waals surface area contributed by atoms with Gasteiger partial charge >= 0.3 is 0 Å². The van der Waals surface area contributed by atoms with E-state index in [2.05, 4.69) is 20.2 Å². The topological polar surface area (TPSA) is 139 Å². The van der Waals surface area contributed by atoms with Crippen molar-refractivity contribution >= 4 is 38.4 Å². The fraction of sp³-hybridized carbons (Fsp3) is 0.190. The normalized spacial score (nSPS) is 15.0. The van der Waals surface area contributed by atoms with Crippen molar-refractivity contribution in [1.29, 1.82) is 0 Å². The summed E-state index contributed by atoms with van der Waals surface area (Å²) in [5.41, 5.74) is 0.900. The molecule has 13 heteroatoms. The zero-order chi connectivity index (χ0) is 23.9. The number of nitrogens with one attached hydrogen (secondary N) is 1. The number of fused-ring (bicyclic) bond motifs is 1. The molecule has 1 aliphatic heterocycles. The van der Waals surface area contributed by atoms with Gasteiger partial charge in [0.2, 0.25) is 5.82 Å². The number of aromatic amines is 1. The first kappa shape index (κ1) is 22.2. The lowest BCUT2D eigenvalue weighted by Crippen LogP contribution is -2.50. The fourth-order valence-electron chi connectivity index (χ4n) is 3.74. The summed E-state index contributed by atoms with van der Waals surface area (Å²) in [5, 5.41) is 20.9. The molecule has 0 unspecified atom stereocenters. The zero-order valence-corrected chi connectivity index (χ0v) is 19.2. The highest BCUT2D eigenvalue weighted by atomic mass is 35.5. The number of H-pyrrole nitrogens is 1. The summed E-state index contributed by atoms with van der Waals surface area (Å²) in [7, 11) is -3.77. The molecule has 0 spiro atoms. The van der Waals surface area contributed by atoms with E-state index >= 15 is 0 Å². The van der Waals surface area contributed by atoms with Crippen LogP contribution in [-0.4, -0.2) is 69.9 Å². The molecule has 0 radical (unpaired) electrons. The van der Waals surface area contributed by atoms with E-state index in [0.717, 1.165) is 0 Å². The third-order valence-corrected chi connectivity index (χ3v) is 7.59. The largest absolute Gasteiger partial charge is 0.618 e. The number of rotatable bonds is 4. The highest BCUT2D eigenvalue weighted by molar-refractivity contribution is 7.89. The molecule has 3 aromatic heterocycles. The van der Waals surface area contributed by atoms with Gasteiger partial charge in [0.05, 0.1) is 6.20 Å². The van der Waals surface area contributed by atoms with E-state index in [-0.39, 0.29) is 48.4 Å². The number of carbonyl (C=O) groups excluding carboxylic acids is 1. The SMILES string of the molecule is O=C(c1cnc(-c2cccc[n+]2[O-])nn1)N1CCN(S(=O)(=O)c2cc3cc(Cl)ccc3[nH]2)CC1. The minimum atomic E-state index is -3.77. The molecule has 0 atom stereocenters. The van der Waals surface area contributed by atoms with Gasteiger partial charge in [-0.3, -0.25) is 4.79 Å². The lowest BCUT2D eigenvalue weighted by molar-refractivity contribution is -0.594. The van der Waals surface area contributed by atoms with Gasteiger partial charge in [0.1, 0.15) is 5.03 Å². The molecule has 0 aliphatic carbocycles. The summed E-state index contributed by atoms with van der Waals surface area (Å²) in [6, 6.07) is 11.5. The molecule has 5 rings (SSSR count). The van der Waals surface area contributed by atoms with Crippen LogP contribution in [0.3, 0.4) is 0 Å². The van der Waals surface area contributed by atoms with Crippen molar-refractivity contribution in [3.63, 3.8) is 0 Å². The number of halogens is 1. The Kier molecular flexibility index (Phi) is 5.63. The van der Waals surface area contributed by atoms with Gasteiger partial charge < -0.3 is 15.1 Å². The number of carbonyl (C=O) groups is 1. The van der Waals surface area contributed by atoms with Crippen molar-refractivity contribution in [3.05, 3.63) is 70.8 Å². The van der Waals surface area contributed by atoms with Crippen LogP contribution >= 0.6 is 11.6 Å². The second kappa shape index (κ2) is 8.63. The first-order valence-corrected chi connectivity index (χ1v) is 12.1. The molecule has 4 aromatic rings. The van der Waals surface area contributed by atoms with Crippen LogP contribution in [0, 0.1) is 5.21 Å². The van der Waals surface area contributed by atoms with Crippen LogP contribution in [0.1, 0.15) is 10.5 Å². The number of piperazine rings is 1. The second-order valence-electron chi connectivity index (χ2n) is 7.64. The number of sulfonamides is 1. The van der Waals surface area contributed by atoms with Crippen molar-refractivity contribution < 1.29 is 17.9 Å². The summed E-state index contributed by atoms with van der Waals surface area (Å²) in [5.74, 6) is -0.311. The van der Waals surface area contributed by atoms with Crippen molar-refractivity contribution in [2.24, 2.45) is 0 Å². The van der Waals surface area contributed by atoms with Gasteiger partial charge in [-0.15, -0.1) is 10.2 Å². The van der Waals surface area contributed by atoms with Gasteiger partial charge in [-0.2, -0.15) is 9.04 Å². The maximum absolute atomic E-state index is 13.1. The van der Waals surface area contributed by atoms with Crippen molar-refractivity contribution in [3.8, 4) is 11.5 Å². The van der Waals surface area contributed by atoms with Gasteiger partial charge in [0, 0.05) is 54.2 Å². The first-order chi connectivity index (χ1) is 16.3. The Bertz CT molecular complexity index is 1480. The quantitative estimate of drug-likeness (QED) is 0.331. The average Bonchev–Trinajstić information content (AvgIpc) is 3.28. The number of pyridine rings is 1. The highest BCUT2D eigenvalue weighted by Crippen LogP contribution is 2.25. The fourth-order valence-corrected chi connectivity index (χ4v) is 5.36. The summed E-state index contributed by atoms with van der Waals surface area (Å²) >= 11 is 5.99. The maximum atomic E-state index is 13.1. The molecule has 1 fully saturated rings. The van der Waals surface area contributed by atoms with Crippen molar-refractivity contribution in [2.75, 3.05) is 26.2 Å². The Hall–Kier alpha value is -3.61. The molecule has 1 N–H and O–H groups in total. The number of benzene rings is 1. The molecular formula is C21H18ClN7O4S. The zero-order valence-electron chi connectivity index (χ0n) is 17.6. The third kappa shape index (κ3) is 4.06. The van der Waals surface area contributed by atoms with Crippen LogP contribution in [0.25, 0.3) is 22.4 Å². The molecule has 34 heavy (non-hydrogen) atoms. The smallest absolute Gasteiger partial charge is 0.276 e. The minimum Gasteiger partial charge on any atom is -0.618 e. The summed E-state index contributed by atoms with van der Waals surface area (Å²) in [6.45, 7) is 0.631. The Labute approximate surface area is 199 Å². The Morgan fingerprint density at radius 3 is 2.59 bits per heavy atom. The van der Waals surface area contributed by atoms with Gasteiger partial charge in [-0.05, 0) is 30.3 Å². The molecule has 0 bridgehead atoms. The number of hydrogen-bond donors (Lipinski definition) is 1. The lowest BCUT2D eigenvalue weighted by atomic mass is 10.2. The number of hydrogen-bond acceptors (Lipinski definition) is 7. The Morgan fingerprint density at radius 1 is 1.09 bits per heavy atom. The van der Waals surface area contributed by atoms with Crippen LogP contribution in [-0.2, 0) is 10.0 Å². The van der Waals surface area contributed by atoms with E-state index in [4.69, 9.17) is 11.6 Å². The minimum absolute atomic E-state index is 0.0148. The molecule has 174 valence electrons. The molecule has 1 amide bonds. The predicted octanol–water partition coefficient (Wildman–Crippen LogP) is 1.45. The van der Waals surface area contributed by atoms with Crippen molar-refractivity contribution in [1.82, 2.24) is 29.4 Å². The second-order valence-corrected chi connectivity index (χ2v) is 9.98. The van der Waals surface area contributed by atoms with E-state index in [0.29, 0.717) is 20.7 Å². The number of aromatic nitrogens is 5. The Morgan fingerprint density at radius 2 is 1.88 bits per heavy atom. The highest BCUT2D eigenvalue weighted by Gasteiger charge is 2.32. The monoisotopic (exact) mass is 499 g/mol. The van der Waals surface area contributed by atoms with E-state index in [1.165, 1.54) is 21.6 Å². The lowest BCUT2D eigenvalue weighted by Gasteiger charge is -2.33. The van der Waals surface area contributed by atoms with Crippen LogP contribution in [0.2, 0.25) is 5.02 Å². The van der Waals surface area contributed by atoms with E-state index in [1.54, 1.807) is 42.5 Å². The summed E-state index contributed by atoms with van der Waals surface area (Å²) in [4.78, 5) is 21.3. The molecule has 0 saturated carbocycles. The number of nitrogens with zero attached hydrogens (tertiary/aromatic N) is 6. The van der Waals surface area contributed by atoms with Gasteiger partial charge in [0.15, 0.2) is 11.9 Å². The van der Waals surface area contributed by atoms with Gasteiger partial charge in [-0.25, -0.2) is 13.4 Å². The molecular weight excluding hydrogens is 482 g/mol. The van der Waals surface area contributed by atoms with Crippen LogP contribution in [0.5, 0.6) is 0 Å². The molecule has 11 nitrogen and oxygen atoms in total. The first-order valence-electron chi connectivity index (χ1n) is 10.3. The average molecular weight is 500 g/mol. The molecule has 1 aliphatic rings. The number of amides is 1. The Balaban J connectivity index is 1.27. The van der Waals surface area contributed by atoms with E-state index < -0.39 is 15.9 Å². The van der Waals surface area contributed by atoms with Crippen LogP contribution < -0.4 is 4.73 Å². The van der Waals surface area contributed by atoms with Crippen LogP contribution in [0.4, 0.5) is 0 Å².